The summed E-state index contributed by atoms with van der Waals surface area (Å²) in [4.78, 5) is 22.4. The van der Waals surface area contributed by atoms with Crippen LogP contribution in [0, 0.1) is 6.92 Å². The lowest BCUT2D eigenvalue weighted by molar-refractivity contribution is -0.127. The topological polar surface area (TPSA) is 64.6 Å². The Labute approximate surface area is 141 Å². The number of aryl methyl sites for hydroxylation is 1. The number of aromatic nitrogens is 2. The smallest absolute Gasteiger partial charge is 0.222 e. The molecule has 1 aliphatic heterocycles. The monoisotopic (exact) mass is 327 g/mol. The normalized spacial score (nSPS) is 17.0. The number of ether oxygens (including phenoxy) is 2. The van der Waals surface area contributed by atoms with Crippen LogP contribution in [-0.2, 0) is 4.79 Å². The Balaban J connectivity index is 1.80. The van der Waals surface area contributed by atoms with E-state index in [1.807, 2.05) is 36.1 Å². The minimum absolute atomic E-state index is 0.0954. The van der Waals surface area contributed by atoms with Crippen molar-refractivity contribution in [1.82, 2.24) is 14.9 Å². The van der Waals surface area contributed by atoms with Crippen LogP contribution in [0.15, 0.2) is 30.3 Å². The Morgan fingerprint density at radius 2 is 2.04 bits per heavy atom. The van der Waals surface area contributed by atoms with Gasteiger partial charge in [-0.2, -0.15) is 4.98 Å². The second-order valence-electron chi connectivity index (χ2n) is 5.94. The van der Waals surface area contributed by atoms with Gasteiger partial charge in [0.2, 0.25) is 11.8 Å². The molecule has 2 heterocycles. The Morgan fingerprint density at radius 3 is 2.75 bits per heavy atom. The van der Waals surface area contributed by atoms with E-state index in [9.17, 15) is 4.79 Å². The lowest BCUT2D eigenvalue weighted by atomic mass is 10.1. The van der Waals surface area contributed by atoms with E-state index in [4.69, 9.17) is 9.47 Å². The van der Waals surface area contributed by atoms with Crippen LogP contribution in [-0.4, -0.2) is 41.0 Å². The molecule has 1 fully saturated rings. The molecule has 1 aromatic carbocycles. The zero-order chi connectivity index (χ0) is 17.1. The van der Waals surface area contributed by atoms with Crippen molar-refractivity contribution in [2.75, 3.05) is 20.2 Å². The largest absolute Gasteiger partial charge is 0.497 e. The molecule has 1 amide bonds. The fraction of sp³-hybridized carbons (Fsp3) is 0.389. The Morgan fingerprint density at radius 1 is 1.25 bits per heavy atom. The van der Waals surface area contributed by atoms with E-state index in [1.165, 1.54) is 0 Å². The van der Waals surface area contributed by atoms with Gasteiger partial charge in [-0.15, -0.1) is 0 Å². The van der Waals surface area contributed by atoms with Gasteiger partial charge in [0.15, 0.2) is 0 Å². The number of amides is 1. The van der Waals surface area contributed by atoms with Crippen LogP contribution < -0.4 is 9.47 Å². The van der Waals surface area contributed by atoms with E-state index in [2.05, 4.69) is 9.97 Å². The predicted molar refractivity (Wildman–Crippen MR) is 89.4 cm³/mol. The van der Waals surface area contributed by atoms with Crippen LogP contribution in [0.4, 0.5) is 0 Å². The minimum Gasteiger partial charge on any atom is -0.497 e. The van der Waals surface area contributed by atoms with Gasteiger partial charge in [-0.3, -0.25) is 4.79 Å². The molecule has 6 nitrogen and oxygen atoms in total. The molecule has 0 saturated carbocycles. The van der Waals surface area contributed by atoms with Gasteiger partial charge in [0, 0.05) is 43.8 Å². The molecule has 0 radical (unpaired) electrons. The van der Waals surface area contributed by atoms with Crippen molar-refractivity contribution in [3.63, 3.8) is 0 Å². The summed E-state index contributed by atoms with van der Waals surface area (Å²) in [7, 11) is 1.62. The summed E-state index contributed by atoms with van der Waals surface area (Å²) < 4.78 is 11.1. The zero-order valence-electron chi connectivity index (χ0n) is 14.2. The number of methoxy groups -OCH3 is 1. The van der Waals surface area contributed by atoms with E-state index in [0.717, 1.165) is 30.2 Å². The van der Waals surface area contributed by atoms with E-state index in [-0.39, 0.29) is 11.8 Å². The number of hydrogen-bond acceptors (Lipinski definition) is 5. The summed E-state index contributed by atoms with van der Waals surface area (Å²) in [5.74, 6) is 2.88. The number of benzene rings is 1. The molecular formula is C18H21N3O3. The first-order chi connectivity index (χ1) is 11.5. The van der Waals surface area contributed by atoms with Crippen molar-refractivity contribution < 1.29 is 14.3 Å². The van der Waals surface area contributed by atoms with Crippen molar-refractivity contribution in [2.45, 2.75) is 26.2 Å². The molecule has 0 unspecified atom stereocenters. The number of carbonyl (C=O) groups excluding carboxylic acids is 1. The summed E-state index contributed by atoms with van der Waals surface area (Å²) in [5.41, 5.74) is 0.846. The lowest BCUT2D eigenvalue weighted by Gasteiger charge is -2.14. The highest BCUT2D eigenvalue weighted by Gasteiger charge is 2.28. The van der Waals surface area contributed by atoms with Gasteiger partial charge < -0.3 is 14.4 Å². The second-order valence-corrected chi connectivity index (χ2v) is 5.94. The average Bonchev–Trinajstić information content (AvgIpc) is 3.05. The molecule has 126 valence electrons. The van der Waals surface area contributed by atoms with Gasteiger partial charge >= 0.3 is 0 Å². The first kappa shape index (κ1) is 16.2. The van der Waals surface area contributed by atoms with Gasteiger partial charge in [-0.25, -0.2) is 4.98 Å². The fourth-order valence-electron chi connectivity index (χ4n) is 2.84. The number of carbonyl (C=O) groups is 1. The second kappa shape index (κ2) is 6.86. The summed E-state index contributed by atoms with van der Waals surface area (Å²) in [6, 6.07) is 9.20. The van der Waals surface area contributed by atoms with Gasteiger partial charge in [0.1, 0.15) is 17.3 Å². The van der Waals surface area contributed by atoms with E-state index in [1.54, 1.807) is 20.1 Å². The van der Waals surface area contributed by atoms with Gasteiger partial charge in [-0.05, 0) is 25.5 Å². The molecule has 1 aromatic heterocycles. The fourth-order valence-corrected chi connectivity index (χ4v) is 2.84. The number of hydrogen-bond donors (Lipinski definition) is 0. The van der Waals surface area contributed by atoms with E-state index in [0.29, 0.717) is 18.2 Å². The van der Waals surface area contributed by atoms with Crippen LogP contribution >= 0.6 is 0 Å². The summed E-state index contributed by atoms with van der Waals surface area (Å²) in [5, 5.41) is 0. The number of likely N-dealkylation sites (tertiary alicyclic amines) is 1. The van der Waals surface area contributed by atoms with Gasteiger partial charge in [-0.1, -0.05) is 6.07 Å². The highest BCUT2D eigenvalue weighted by Crippen LogP contribution is 2.28. The first-order valence-electron chi connectivity index (χ1n) is 7.98. The van der Waals surface area contributed by atoms with Crippen molar-refractivity contribution in [1.29, 1.82) is 0 Å². The summed E-state index contributed by atoms with van der Waals surface area (Å²) in [6.07, 6.45) is 0.877. The molecule has 1 aliphatic rings. The van der Waals surface area contributed by atoms with Crippen LogP contribution in [0.5, 0.6) is 17.4 Å². The van der Waals surface area contributed by atoms with Crippen molar-refractivity contribution in [2.24, 2.45) is 0 Å². The minimum atomic E-state index is 0.0954. The highest BCUT2D eigenvalue weighted by atomic mass is 16.5. The molecule has 24 heavy (non-hydrogen) atoms. The SMILES string of the molecule is COc1cccc(Oc2cc(C)nc([C@@H]3CCN(C(C)=O)C3)n2)c1. The molecule has 1 saturated heterocycles. The predicted octanol–water partition coefficient (Wildman–Crippen LogP) is 2.92. The van der Waals surface area contributed by atoms with E-state index >= 15 is 0 Å². The van der Waals surface area contributed by atoms with E-state index < -0.39 is 0 Å². The number of rotatable bonds is 4. The Hall–Kier alpha value is -2.63. The molecule has 6 heteroatoms. The average molecular weight is 327 g/mol. The molecule has 0 spiro atoms. The van der Waals surface area contributed by atoms with Crippen LogP contribution in [0.3, 0.4) is 0 Å². The molecule has 0 bridgehead atoms. The van der Waals surface area contributed by atoms with Crippen molar-refractivity contribution >= 4 is 5.91 Å². The Bertz CT molecular complexity index is 748. The third-order valence-electron chi connectivity index (χ3n) is 4.11. The molecule has 3 rings (SSSR count). The summed E-state index contributed by atoms with van der Waals surface area (Å²) in [6.45, 7) is 4.93. The van der Waals surface area contributed by atoms with Crippen LogP contribution in [0.25, 0.3) is 0 Å². The molecule has 2 aromatic rings. The maximum absolute atomic E-state index is 11.5. The standard InChI is InChI=1S/C18H21N3O3/c1-12-9-17(24-16-6-4-5-15(10-16)23-3)20-18(19-12)14-7-8-21(11-14)13(2)22/h4-6,9-10,14H,7-8,11H2,1-3H3/t14-/m1/s1. The maximum atomic E-state index is 11.5. The Kier molecular flexibility index (Phi) is 4.64. The molecule has 1 atom stereocenters. The molecule has 0 aliphatic carbocycles. The zero-order valence-corrected chi connectivity index (χ0v) is 14.2. The maximum Gasteiger partial charge on any atom is 0.222 e. The van der Waals surface area contributed by atoms with Crippen LogP contribution in [0.1, 0.15) is 30.8 Å². The first-order valence-corrected chi connectivity index (χ1v) is 7.98. The highest BCUT2D eigenvalue weighted by molar-refractivity contribution is 5.73. The molecular weight excluding hydrogens is 306 g/mol. The summed E-state index contributed by atoms with van der Waals surface area (Å²) >= 11 is 0. The lowest BCUT2D eigenvalue weighted by Crippen LogP contribution is -2.25. The third-order valence-corrected chi connectivity index (χ3v) is 4.11. The van der Waals surface area contributed by atoms with Crippen molar-refractivity contribution in [3.8, 4) is 17.4 Å². The van der Waals surface area contributed by atoms with Crippen molar-refractivity contribution in [3.05, 3.63) is 41.9 Å². The van der Waals surface area contributed by atoms with Crippen LogP contribution in [0.2, 0.25) is 0 Å². The number of nitrogens with zero attached hydrogens (tertiary/aromatic N) is 3. The molecule has 0 N–H and O–H groups in total. The van der Waals surface area contributed by atoms with Gasteiger partial charge in [0.25, 0.3) is 0 Å². The van der Waals surface area contributed by atoms with Gasteiger partial charge in [0.05, 0.1) is 7.11 Å². The third kappa shape index (κ3) is 3.64. The quantitative estimate of drug-likeness (QED) is 0.864.